The summed E-state index contributed by atoms with van der Waals surface area (Å²) in [5.41, 5.74) is -0.799. The zero-order valence-electron chi connectivity index (χ0n) is 12.7. The third-order valence-corrected chi connectivity index (χ3v) is 4.69. The molecule has 1 aliphatic heterocycles. The van der Waals surface area contributed by atoms with E-state index < -0.39 is 29.6 Å². The van der Waals surface area contributed by atoms with Gasteiger partial charge in [-0.05, 0) is 19.8 Å². The molecule has 7 heteroatoms. The molecule has 0 aromatic carbocycles. The second-order valence-corrected chi connectivity index (χ2v) is 6.28. The van der Waals surface area contributed by atoms with Gasteiger partial charge in [0.25, 0.3) is 0 Å². The number of carbonyl (C=O) groups is 1. The van der Waals surface area contributed by atoms with Crippen LogP contribution in [0.1, 0.15) is 45.4 Å². The average Bonchev–Trinajstić information content (AvgIpc) is 2.46. The fourth-order valence-corrected chi connectivity index (χ4v) is 3.49. The lowest BCUT2D eigenvalue weighted by molar-refractivity contribution is -0.230. The van der Waals surface area contributed by atoms with Crippen molar-refractivity contribution in [3.8, 4) is 6.07 Å². The molecule has 4 nitrogen and oxygen atoms in total. The number of halogens is 3. The number of nitriles is 1. The largest absolute Gasteiger partial charge is 0.411 e. The van der Waals surface area contributed by atoms with Crippen LogP contribution in [0.5, 0.6) is 0 Å². The molecular weight excluding hydrogens is 297 g/mol. The maximum absolute atomic E-state index is 13.2. The molecular formula is C15H21F3N2O2. The Bertz CT molecular complexity index is 453. The molecule has 2 rings (SSSR count). The van der Waals surface area contributed by atoms with Crippen molar-refractivity contribution < 1.29 is 22.7 Å². The van der Waals surface area contributed by atoms with Crippen molar-refractivity contribution in [2.75, 3.05) is 13.2 Å². The highest BCUT2D eigenvalue weighted by molar-refractivity contribution is 5.78. The number of hydrogen-bond acceptors (Lipinski definition) is 3. The predicted molar refractivity (Wildman–Crippen MR) is 72.7 cm³/mol. The predicted octanol–water partition coefficient (Wildman–Crippen LogP) is 3.03. The first-order valence-electron chi connectivity index (χ1n) is 7.68. The SMILES string of the molecule is C[C@@H]1OCCN(C(=O)CC2(C#N)CCCCC2)[C@@H]1C(F)(F)F. The Balaban J connectivity index is 2.14. The number of nitrogens with zero attached hydrogens (tertiary/aromatic N) is 2. The zero-order valence-corrected chi connectivity index (χ0v) is 12.7. The molecule has 0 aromatic heterocycles. The molecule has 0 bridgehead atoms. The Kier molecular flexibility index (Phi) is 5.00. The minimum atomic E-state index is -4.53. The summed E-state index contributed by atoms with van der Waals surface area (Å²) in [5.74, 6) is -0.582. The fourth-order valence-electron chi connectivity index (χ4n) is 3.49. The van der Waals surface area contributed by atoms with Crippen molar-refractivity contribution in [3.05, 3.63) is 0 Å². The lowest BCUT2D eigenvalue weighted by Crippen LogP contribution is -2.59. The van der Waals surface area contributed by atoms with Crippen LogP contribution in [0.25, 0.3) is 0 Å². The summed E-state index contributed by atoms with van der Waals surface area (Å²) < 4.78 is 44.7. The van der Waals surface area contributed by atoms with Crippen LogP contribution in [0.3, 0.4) is 0 Å². The number of carbonyl (C=O) groups excluding carboxylic acids is 1. The van der Waals surface area contributed by atoms with E-state index in [-0.39, 0.29) is 19.6 Å². The van der Waals surface area contributed by atoms with E-state index in [1.54, 1.807) is 0 Å². The molecule has 22 heavy (non-hydrogen) atoms. The highest BCUT2D eigenvalue weighted by Crippen LogP contribution is 2.40. The summed E-state index contributed by atoms with van der Waals surface area (Å²) >= 11 is 0. The highest BCUT2D eigenvalue weighted by atomic mass is 19.4. The van der Waals surface area contributed by atoms with E-state index in [0.717, 1.165) is 24.2 Å². The van der Waals surface area contributed by atoms with Gasteiger partial charge in [0, 0.05) is 13.0 Å². The third-order valence-electron chi connectivity index (χ3n) is 4.69. The Labute approximate surface area is 128 Å². The average molecular weight is 318 g/mol. The summed E-state index contributed by atoms with van der Waals surface area (Å²) in [4.78, 5) is 13.3. The number of ether oxygens (including phenoxy) is 1. The molecule has 0 unspecified atom stereocenters. The number of amides is 1. The van der Waals surface area contributed by atoms with Gasteiger partial charge in [0.15, 0.2) is 6.04 Å². The van der Waals surface area contributed by atoms with Crippen LogP contribution in [0.15, 0.2) is 0 Å². The van der Waals surface area contributed by atoms with Crippen molar-refractivity contribution in [2.24, 2.45) is 5.41 Å². The smallest absolute Gasteiger partial charge is 0.374 e. The Morgan fingerprint density at radius 2 is 2.00 bits per heavy atom. The highest BCUT2D eigenvalue weighted by Gasteiger charge is 2.51. The molecule has 2 fully saturated rings. The Morgan fingerprint density at radius 3 is 2.55 bits per heavy atom. The summed E-state index contributed by atoms with van der Waals surface area (Å²) in [6, 6.07) is 0.269. The van der Waals surface area contributed by atoms with E-state index in [0.29, 0.717) is 12.8 Å². The maximum Gasteiger partial charge on any atom is 0.411 e. The van der Waals surface area contributed by atoms with Crippen LogP contribution in [-0.4, -0.2) is 42.3 Å². The van der Waals surface area contributed by atoms with Crippen LogP contribution in [0, 0.1) is 16.7 Å². The first kappa shape index (κ1) is 17.1. The van der Waals surface area contributed by atoms with Gasteiger partial charge >= 0.3 is 6.18 Å². The first-order chi connectivity index (χ1) is 10.3. The van der Waals surface area contributed by atoms with E-state index in [2.05, 4.69) is 6.07 Å². The van der Waals surface area contributed by atoms with Gasteiger partial charge in [-0.3, -0.25) is 4.79 Å². The van der Waals surface area contributed by atoms with Gasteiger partial charge in [-0.1, -0.05) is 19.3 Å². The topological polar surface area (TPSA) is 53.3 Å². The Hall–Kier alpha value is -1.29. The van der Waals surface area contributed by atoms with Gasteiger partial charge in [-0.15, -0.1) is 0 Å². The van der Waals surface area contributed by atoms with Gasteiger partial charge in [0.1, 0.15) is 0 Å². The van der Waals surface area contributed by atoms with Crippen molar-refractivity contribution in [3.63, 3.8) is 0 Å². The molecule has 1 heterocycles. The minimum absolute atomic E-state index is 0.0745. The molecule has 1 amide bonds. The lowest BCUT2D eigenvalue weighted by Gasteiger charge is -2.42. The molecule has 2 atom stereocenters. The lowest BCUT2D eigenvalue weighted by atomic mass is 9.72. The molecule has 2 aliphatic rings. The van der Waals surface area contributed by atoms with E-state index in [1.165, 1.54) is 6.92 Å². The Morgan fingerprint density at radius 1 is 1.36 bits per heavy atom. The number of hydrogen-bond donors (Lipinski definition) is 0. The molecule has 0 aromatic rings. The van der Waals surface area contributed by atoms with Crippen molar-refractivity contribution in [1.82, 2.24) is 4.90 Å². The molecule has 1 aliphatic carbocycles. The summed E-state index contributed by atoms with van der Waals surface area (Å²) in [7, 11) is 0. The second kappa shape index (κ2) is 6.45. The molecule has 1 saturated heterocycles. The second-order valence-electron chi connectivity index (χ2n) is 6.28. The van der Waals surface area contributed by atoms with Crippen molar-refractivity contribution in [2.45, 2.75) is 63.8 Å². The van der Waals surface area contributed by atoms with Gasteiger partial charge in [0.05, 0.1) is 24.2 Å². The van der Waals surface area contributed by atoms with Crippen molar-refractivity contribution >= 4 is 5.91 Å². The van der Waals surface area contributed by atoms with Crippen molar-refractivity contribution in [1.29, 1.82) is 5.26 Å². The van der Waals surface area contributed by atoms with Crippen LogP contribution in [-0.2, 0) is 9.53 Å². The third kappa shape index (κ3) is 3.54. The standard InChI is InChI=1S/C15H21F3N2O2/c1-11-13(15(16,17)18)20(7-8-22-11)12(21)9-14(10-19)5-3-2-4-6-14/h11,13H,2-9H2,1H3/t11-,13-/m0/s1. The molecule has 0 N–H and O–H groups in total. The summed E-state index contributed by atoms with van der Waals surface area (Å²) in [5, 5.41) is 9.40. The maximum atomic E-state index is 13.2. The van der Waals surface area contributed by atoms with E-state index in [9.17, 15) is 23.2 Å². The van der Waals surface area contributed by atoms with Crippen LogP contribution in [0.2, 0.25) is 0 Å². The number of morpholine rings is 1. The van der Waals surface area contributed by atoms with E-state index >= 15 is 0 Å². The number of rotatable bonds is 2. The molecule has 0 radical (unpaired) electrons. The van der Waals surface area contributed by atoms with E-state index in [1.807, 2.05) is 0 Å². The minimum Gasteiger partial charge on any atom is -0.374 e. The molecule has 124 valence electrons. The zero-order chi connectivity index (χ0) is 16.4. The van der Waals surface area contributed by atoms with Crippen LogP contribution < -0.4 is 0 Å². The number of alkyl halides is 3. The van der Waals surface area contributed by atoms with Crippen LogP contribution in [0.4, 0.5) is 13.2 Å². The summed E-state index contributed by atoms with van der Waals surface area (Å²) in [6.07, 6.45) is -1.84. The molecule has 0 spiro atoms. The van der Waals surface area contributed by atoms with E-state index in [4.69, 9.17) is 4.74 Å². The normalized spacial score (nSPS) is 29.0. The van der Waals surface area contributed by atoms with Gasteiger partial charge in [-0.2, -0.15) is 18.4 Å². The summed E-state index contributed by atoms with van der Waals surface area (Å²) in [6.45, 7) is 1.35. The molecule has 1 saturated carbocycles. The first-order valence-corrected chi connectivity index (χ1v) is 7.68. The van der Waals surface area contributed by atoms with Crippen LogP contribution >= 0.6 is 0 Å². The monoisotopic (exact) mass is 318 g/mol. The van der Waals surface area contributed by atoms with Gasteiger partial charge in [0.2, 0.25) is 5.91 Å². The van der Waals surface area contributed by atoms with Gasteiger partial charge in [-0.25, -0.2) is 0 Å². The fraction of sp³-hybridized carbons (Fsp3) is 0.867. The quantitative estimate of drug-likeness (QED) is 0.786. The van der Waals surface area contributed by atoms with Gasteiger partial charge < -0.3 is 9.64 Å².